The Kier molecular flexibility index (Phi) is 3.91. The smallest absolute Gasteiger partial charge is 0.320 e. The number of rotatable bonds is 3. The monoisotopic (exact) mass is 187 g/mol. The van der Waals surface area contributed by atoms with Crippen LogP contribution in [0.25, 0.3) is 0 Å². The molecule has 0 saturated carbocycles. The Morgan fingerprint density at radius 3 is 2.00 bits per heavy atom. The summed E-state index contributed by atoms with van der Waals surface area (Å²) in [6, 6.07) is 0. The fraction of sp³-hybridized carbons (Fsp3) is 0.900. The second-order valence-electron chi connectivity index (χ2n) is 5.18. The fourth-order valence-electron chi connectivity index (χ4n) is 1.66. The van der Waals surface area contributed by atoms with E-state index in [-0.39, 0.29) is 17.9 Å². The highest BCUT2D eigenvalue weighted by molar-refractivity contribution is 5.71. The van der Waals surface area contributed by atoms with Crippen LogP contribution in [0.3, 0.4) is 0 Å². The van der Waals surface area contributed by atoms with E-state index in [1.807, 2.05) is 13.8 Å². The SMILES string of the molecule is CC(C)(C)CC(C)(C)OC(=O)CN. The van der Waals surface area contributed by atoms with Crippen molar-refractivity contribution in [3.8, 4) is 0 Å². The van der Waals surface area contributed by atoms with Gasteiger partial charge in [0.15, 0.2) is 0 Å². The molecule has 0 fully saturated rings. The Balaban J connectivity index is 4.16. The molecule has 3 nitrogen and oxygen atoms in total. The molecule has 0 rings (SSSR count). The van der Waals surface area contributed by atoms with Gasteiger partial charge in [0.05, 0.1) is 6.54 Å². The van der Waals surface area contributed by atoms with E-state index < -0.39 is 5.60 Å². The molecule has 0 heterocycles. The van der Waals surface area contributed by atoms with Gasteiger partial charge in [-0.2, -0.15) is 0 Å². The summed E-state index contributed by atoms with van der Waals surface area (Å²) in [6.07, 6.45) is 0.825. The maximum Gasteiger partial charge on any atom is 0.320 e. The molecule has 0 unspecified atom stereocenters. The van der Waals surface area contributed by atoms with Crippen molar-refractivity contribution in [2.75, 3.05) is 6.54 Å². The standard InChI is InChI=1S/C10H21NO2/c1-9(2,3)7-10(4,5)13-8(12)6-11/h6-7,11H2,1-5H3. The van der Waals surface area contributed by atoms with Crippen LogP contribution in [-0.4, -0.2) is 18.1 Å². The fourth-order valence-corrected chi connectivity index (χ4v) is 1.66. The van der Waals surface area contributed by atoms with Gasteiger partial charge in [0, 0.05) is 0 Å². The number of carbonyl (C=O) groups is 1. The van der Waals surface area contributed by atoms with E-state index in [1.165, 1.54) is 0 Å². The van der Waals surface area contributed by atoms with Crippen LogP contribution in [0.4, 0.5) is 0 Å². The Morgan fingerprint density at radius 1 is 1.23 bits per heavy atom. The van der Waals surface area contributed by atoms with Crippen LogP contribution < -0.4 is 5.73 Å². The van der Waals surface area contributed by atoms with Gasteiger partial charge in [-0.25, -0.2) is 0 Å². The Hall–Kier alpha value is -0.570. The highest BCUT2D eigenvalue weighted by Gasteiger charge is 2.28. The first-order chi connectivity index (χ1) is 5.66. The largest absolute Gasteiger partial charge is 0.459 e. The summed E-state index contributed by atoms with van der Waals surface area (Å²) in [6.45, 7) is 10.1. The second kappa shape index (κ2) is 4.09. The second-order valence-corrected chi connectivity index (χ2v) is 5.18. The molecule has 0 aromatic heterocycles. The minimum absolute atomic E-state index is 0.0480. The van der Waals surface area contributed by atoms with Crippen molar-refractivity contribution in [1.29, 1.82) is 0 Å². The van der Waals surface area contributed by atoms with Crippen LogP contribution in [0.1, 0.15) is 41.0 Å². The molecule has 0 spiro atoms. The summed E-state index contributed by atoms with van der Waals surface area (Å²) >= 11 is 0. The van der Waals surface area contributed by atoms with E-state index in [0.717, 1.165) is 6.42 Å². The van der Waals surface area contributed by atoms with Gasteiger partial charge in [0.25, 0.3) is 0 Å². The molecule has 0 aliphatic rings. The van der Waals surface area contributed by atoms with Crippen molar-refractivity contribution >= 4 is 5.97 Å². The van der Waals surface area contributed by atoms with Gasteiger partial charge in [-0.05, 0) is 25.7 Å². The summed E-state index contributed by atoms with van der Waals surface area (Å²) in [7, 11) is 0. The zero-order valence-corrected chi connectivity index (χ0v) is 9.31. The molecule has 2 N–H and O–H groups in total. The Bertz CT molecular complexity index is 180. The van der Waals surface area contributed by atoms with Gasteiger partial charge in [-0.1, -0.05) is 20.8 Å². The third-order valence-electron chi connectivity index (χ3n) is 1.51. The Morgan fingerprint density at radius 2 is 1.69 bits per heavy atom. The molecule has 13 heavy (non-hydrogen) atoms. The van der Waals surface area contributed by atoms with Crippen LogP contribution in [-0.2, 0) is 9.53 Å². The summed E-state index contributed by atoms with van der Waals surface area (Å²) in [5, 5.41) is 0. The third kappa shape index (κ3) is 6.58. The van der Waals surface area contributed by atoms with Crippen LogP contribution >= 0.6 is 0 Å². The van der Waals surface area contributed by atoms with Crippen molar-refractivity contribution in [2.24, 2.45) is 11.1 Å². The predicted octanol–water partition coefficient (Wildman–Crippen LogP) is 1.70. The van der Waals surface area contributed by atoms with Gasteiger partial charge in [0.2, 0.25) is 0 Å². The molecule has 0 amide bonds. The van der Waals surface area contributed by atoms with Crippen LogP contribution in [0.5, 0.6) is 0 Å². The van der Waals surface area contributed by atoms with E-state index in [4.69, 9.17) is 10.5 Å². The Labute approximate surface area is 80.6 Å². The summed E-state index contributed by atoms with van der Waals surface area (Å²) in [5.74, 6) is -0.339. The van der Waals surface area contributed by atoms with E-state index in [9.17, 15) is 4.79 Å². The first-order valence-corrected chi connectivity index (χ1v) is 4.58. The first-order valence-electron chi connectivity index (χ1n) is 4.58. The topological polar surface area (TPSA) is 52.3 Å². The minimum atomic E-state index is -0.422. The zero-order chi connectivity index (χ0) is 10.7. The van der Waals surface area contributed by atoms with Crippen molar-refractivity contribution < 1.29 is 9.53 Å². The average molecular weight is 187 g/mol. The molecule has 0 atom stereocenters. The molecule has 0 aliphatic heterocycles. The molecular weight excluding hydrogens is 166 g/mol. The van der Waals surface area contributed by atoms with Gasteiger partial charge >= 0.3 is 5.97 Å². The van der Waals surface area contributed by atoms with Crippen LogP contribution in [0, 0.1) is 5.41 Å². The van der Waals surface area contributed by atoms with Crippen LogP contribution in [0.2, 0.25) is 0 Å². The maximum atomic E-state index is 11.0. The molecule has 0 aromatic rings. The van der Waals surface area contributed by atoms with Crippen molar-refractivity contribution in [3.63, 3.8) is 0 Å². The number of hydrogen-bond donors (Lipinski definition) is 1. The predicted molar refractivity (Wildman–Crippen MR) is 53.3 cm³/mol. The quantitative estimate of drug-likeness (QED) is 0.684. The lowest BCUT2D eigenvalue weighted by Crippen LogP contribution is -2.35. The number of ether oxygens (including phenoxy) is 1. The van der Waals surface area contributed by atoms with Crippen molar-refractivity contribution in [2.45, 2.75) is 46.6 Å². The molecule has 0 bridgehead atoms. The van der Waals surface area contributed by atoms with Crippen molar-refractivity contribution in [3.05, 3.63) is 0 Å². The average Bonchev–Trinajstić information content (AvgIpc) is 1.80. The third-order valence-corrected chi connectivity index (χ3v) is 1.51. The lowest BCUT2D eigenvalue weighted by atomic mass is 9.84. The number of nitrogens with two attached hydrogens (primary N) is 1. The van der Waals surface area contributed by atoms with Gasteiger partial charge in [0.1, 0.15) is 5.60 Å². The number of esters is 1. The van der Waals surface area contributed by atoms with E-state index in [1.54, 1.807) is 0 Å². The van der Waals surface area contributed by atoms with Crippen molar-refractivity contribution in [1.82, 2.24) is 0 Å². The lowest BCUT2D eigenvalue weighted by molar-refractivity contribution is -0.157. The molecular formula is C10H21NO2. The van der Waals surface area contributed by atoms with Gasteiger partial charge in [-0.15, -0.1) is 0 Å². The molecule has 0 saturated heterocycles. The summed E-state index contributed by atoms with van der Waals surface area (Å²) < 4.78 is 5.20. The first kappa shape index (κ1) is 12.4. The van der Waals surface area contributed by atoms with E-state index in [2.05, 4.69) is 20.8 Å². The molecule has 0 aromatic carbocycles. The molecule has 0 radical (unpaired) electrons. The number of carbonyl (C=O) groups excluding carboxylic acids is 1. The molecule has 78 valence electrons. The van der Waals surface area contributed by atoms with Gasteiger partial charge < -0.3 is 10.5 Å². The van der Waals surface area contributed by atoms with E-state index in [0.29, 0.717) is 0 Å². The normalized spacial score (nSPS) is 12.8. The highest BCUT2D eigenvalue weighted by Crippen LogP contribution is 2.29. The van der Waals surface area contributed by atoms with Crippen LogP contribution in [0.15, 0.2) is 0 Å². The van der Waals surface area contributed by atoms with E-state index >= 15 is 0 Å². The lowest BCUT2D eigenvalue weighted by Gasteiger charge is -2.31. The summed E-state index contributed by atoms with van der Waals surface area (Å²) in [5.41, 5.74) is 4.90. The highest BCUT2D eigenvalue weighted by atomic mass is 16.6. The molecule has 0 aliphatic carbocycles. The summed E-state index contributed by atoms with van der Waals surface area (Å²) in [4.78, 5) is 11.0. The maximum absolute atomic E-state index is 11.0. The minimum Gasteiger partial charge on any atom is -0.459 e. The number of hydrogen-bond acceptors (Lipinski definition) is 3. The van der Waals surface area contributed by atoms with Gasteiger partial charge in [-0.3, -0.25) is 4.79 Å². The zero-order valence-electron chi connectivity index (χ0n) is 9.31. The molecule has 3 heteroatoms.